The fourth-order valence-corrected chi connectivity index (χ4v) is 2.72. The Morgan fingerprint density at radius 1 is 1.19 bits per heavy atom. The van der Waals surface area contributed by atoms with Crippen molar-refractivity contribution >= 4 is 11.6 Å². The van der Waals surface area contributed by atoms with Gasteiger partial charge in [-0.05, 0) is 19.4 Å². The first-order valence-electron chi connectivity index (χ1n) is 7.92. The zero-order valence-electron chi connectivity index (χ0n) is 13.0. The van der Waals surface area contributed by atoms with E-state index in [9.17, 15) is 4.79 Å². The van der Waals surface area contributed by atoms with Crippen molar-refractivity contribution in [3.8, 4) is 0 Å². The van der Waals surface area contributed by atoms with Crippen LogP contribution in [-0.2, 0) is 11.8 Å². The van der Waals surface area contributed by atoms with Crippen LogP contribution in [0.1, 0.15) is 32.1 Å². The summed E-state index contributed by atoms with van der Waals surface area (Å²) >= 11 is 0. The van der Waals surface area contributed by atoms with E-state index < -0.39 is 0 Å². The molecule has 2 heterocycles. The first-order chi connectivity index (χ1) is 10.2. The second-order valence-electron chi connectivity index (χ2n) is 5.69. The van der Waals surface area contributed by atoms with Crippen LogP contribution in [0.15, 0.2) is 12.4 Å². The van der Waals surface area contributed by atoms with Crippen LogP contribution in [0.2, 0.25) is 0 Å². The van der Waals surface area contributed by atoms with E-state index in [0.29, 0.717) is 12.3 Å². The molecule has 0 atom stereocenters. The number of hydrogen-bond acceptors (Lipinski definition) is 4. The van der Waals surface area contributed by atoms with E-state index in [-0.39, 0.29) is 0 Å². The van der Waals surface area contributed by atoms with Crippen molar-refractivity contribution in [1.29, 1.82) is 0 Å². The van der Waals surface area contributed by atoms with E-state index in [0.717, 1.165) is 64.1 Å². The molecule has 1 aliphatic rings. The van der Waals surface area contributed by atoms with Gasteiger partial charge in [0.25, 0.3) is 0 Å². The summed E-state index contributed by atoms with van der Waals surface area (Å²) in [5, 5.41) is 4.20. The molecule has 1 aromatic heterocycles. The lowest BCUT2D eigenvalue weighted by Crippen LogP contribution is -2.48. The lowest BCUT2D eigenvalue weighted by molar-refractivity contribution is -0.131. The fourth-order valence-electron chi connectivity index (χ4n) is 2.72. The minimum atomic E-state index is 0.300. The molecule has 2 N–H and O–H groups in total. The zero-order chi connectivity index (χ0) is 15.1. The summed E-state index contributed by atoms with van der Waals surface area (Å²) in [4.78, 5) is 16.4. The number of rotatable bonds is 7. The maximum atomic E-state index is 12.1. The van der Waals surface area contributed by atoms with Gasteiger partial charge in [-0.25, -0.2) is 0 Å². The highest BCUT2D eigenvalue weighted by Crippen LogP contribution is 2.15. The van der Waals surface area contributed by atoms with E-state index in [1.807, 2.05) is 29.0 Å². The molecular weight excluding hydrogens is 266 g/mol. The summed E-state index contributed by atoms with van der Waals surface area (Å²) < 4.78 is 1.81. The monoisotopic (exact) mass is 293 g/mol. The number of hydrogen-bond donors (Lipinski definition) is 1. The Bertz CT molecular complexity index is 437. The van der Waals surface area contributed by atoms with Crippen LogP contribution in [0.5, 0.6) is 0 Å². The van der Waals surface area contributed by atoms with E-state index >= 15 is 0 Å². The molecule has 1 aromatic rings. The van der Waals surface area contributed by atoms with Crippen molar-refractivity contribution in [2.24, 2.45) is 12.8 Å². The van der Waals surface area contributed by atoms with Crippen LogP contribution in [-0.4, -0.2) is 53.3 Å². The van der Waals surface area contributed by atoms with Gasteiger partial charge in [0, 0.05) is 45.8 Å². The van der Waals surface area contributed by atoms with Crippen molar-refractivity contribution in [2.45, 2.75) is 32.1 Å². The second kappa shape index (κ2) is 8.02. The molecule has 6 heteroatoms. The summed E-state index contributed by atoms with van der Waals surface area (Å²) in [5.74, 6) is 0.300. The number of unbranched alkanes of at least 4 members (excludes halogenated alkanes) is 3. The number of carbonyl (C=O) groups excluding carboxylic acids is 1. The van der Waals surface area contributed by atoms with E-state index in [2.05, 4.69) is 10.00 Å². The van der Waals surface area contributed by atoms with Gasteiger partial charge in [0.05, 0.1) is 11.9 Å². The minimum absolute atomic E-state index is 0.300. The Labute approximate surface area is 126 Å². The minimum Gasteiger partial charge on any atom is -0.365 e. The van der Waals surface area contributed by atoms with Crippen molar-refractivity contribution < 1.29 is 4.79 Å². The van der Waals surface area contributed by atoms with E-state index in [1.54, 1.807) is 0 Å². The molecule has 1 aliphatic heterocycles. The van der Waals surface area contributed by atoms with Crippen molar-refractivity contribution in [3.05, 3.63) is 12.4 Å². The maximum Gasteiger partial charge on any atom is 0.222 e. The van der Waals surface area contributed by atoms with Gasteiger partial charge < -0.3 is 15.5 Å². The number of aryl methyl sites for hydroxylation is 1. The quantitative estimate of drug-likeness (QED) is 0.761. The second-order valence-corrected chi connectivity index (χ2v) is 5.69. The first-order valence-corrected chi connectivity index (χ1v) is 7.92. The molecule has 118 valence electrons. The van der Waals surface area contributed by atoms with Crippen molar-refractivity contribution in [3.63, 3.8) is 0 Å². The smallest absolute Gasteiger partial charge is 0.222 e. The zero-order valence-corrected chi connectivity index (χ0v) is 13.0. The van der Waals surface area contributed by atoms with Crippen LogP contribution in [0.3, 0.4) is 0 Å². The number of piperazine rings is 1. The highest BCUT2D eigenvalue weighted by molar-refractivity contribution is 5.76. The van der Waals surface area contributed by atoms with Crippen molar-refractivity contribution in [2.75, 3.05) is 37.6 Å². The number of aromatic nitrogens is 2. The average Bonchev–Trinajstić information content (AvgIpc) is 2.93. The van der Waals surface area contributed by atoms with Gasteiger partial charge in [0.2, 0.25) is 5.91 Å². The third-order valence-electron chi connectivity index (χ3n) is 4.03. The average molecular weight is 293 g/mol. The van der Waals surface area contributed by atoms with Crippen LogP contribution >= 0.6 is 0 Å². The Kier molecular flexibility index (Phi) is 6.04. The van der Waals surface area contributed by atoms with Gasteiger partial charge in [0.1, 0.15) is 0 Å². The fraction of sp³-hybridized carbons (Fsp3) is 0.733. The molecule has 1 saturated heterocycles. The van der Waals surface area contributed by atoms with Gasteiger partial charge in [-0.3, -0.25) is 9.48 Å². The summed E-state index contributed by atoms with van der Waals surface area (Å²) in [6.07, 6.45) is 8.89. The molecule has 0 saturated carbocycles. The van der Waals surface area contributed by atoms with E-state index in [4.69, 9.17) is 5.73 Å². The highest BCUT2D eigenvalue weighted by atomic mass is 16.2. The largest absolute Gasteiger partial charge is 0.365 e. The maximum absolute atomic E-state index is 12.1. The molecule has 1 amide bonds. The molecule has 0 spiro atoms. The summed E-state index contributed by atoms with van der Waals surface area (Å²) in [6, 6.07) is 0. The Balaban J connectivity index is 1.67. The van der Waals surface area contributed by atoms with Gasteiger partial charge in [-0.15, -0.1) is 0 Å². The standard InChI is InChI=1S/C15H27N5O/c1-18-13-14(12-17-18)19-8-10-20(11-9-19)15(21)6-4-2-3-5-7-16/h12-13H,2-11,16H2,1H3. The Morgan fingerprint density at radius 3 is 2.52 bits per heavy atom. The molecule has 2 rings (SSSR count). The van der Waals surface area contributed by atoms with Crippen LogP contribution in [0.25, 0.3) is 0 Å². The summed E-state index contributed by atoms with van der Waals surface area (Å²) in [6.45, 7) is 4.17. The van der Waals surface area contributed by atoms with Gasteiger partial charge in [-0.2, -0.15) is 5.10 Å². The van der Waals surface area contributed by atoms with Gasteiger partial charge in [-0.1, -0.05) is 12.8 Å². The predicted octanol–water partition coefficient (Wildman–Crippen LogP) is 0.978. The number of nitrogens with two attached hydrogens (primary N) is 1. The lowest BCUT2D eigenvalue weighted by Gasteiger charge is -2.35. The van der Waals surface area contributed by atoms with Crippen molar-refractivity contribution in [1.82, 2.24) is 14.7 Å². The molecule has 21 heavy (non-hydrogen) atoms. The molecule has 0 unspecified atom stereocenters. The molecule has 0 aromatic carbocycles. The van der Waals surface area contributed by atoms with Gasteiger partial charge in [0.15, 0.2) is 0 Å². The van der Waals surface area contributed by atoms with Crippen LogP contribution in [0, 0.1) is 0 Å². The van der Waals surface area contributed by atoms with Crippen LogP contribution < -0.4 is 10.6 Å². The number of nitrogens with zero attached hydrogens (tertiary/aromatic N) is 4. The first kappa shape index (κ1) is 15.8. The Hall–Kier alpha value is -1.56. The summed E-state index contributed by atoms with van der Waals surface area (Å²) in [5.41, 5.74) is 6.61. The highest BCUT2D eigenvalue weighted by Gasteiger charge is 2.21. The van der Waals surface area contributed by atoms with Crippen LogP contribution in [0.4, 0.5) is 5.69 Å². The third-order valence-corrected chi connectivity index (χ3v) is 4.03. The molecule has 0 aliphatic carbocycles. The Morgan fingerprint density at radius 2 is 1.90 bits per heavy atom. The predicted molar refractivity (Wildman–Crippen MR) is 84.1 cm³/mol. The topological polar surface area (TPSA) is 67.4 Å². The summed E-state index contributed by atoms with van der Waals surface area (Å²) in [7, 11) is 1.92. The van der Waals surface area contributed by atoms with Gasteiger partial charge >= 0.3 is 0 Å². The number of anilines is 1. The lowest BCUT2D eigenvalue weighted by atomic mass is 10.1. The SMILES string of the molecule is Cn1cc(N2CCN(C(=O)CCCCCCN)CC2)cn1. The number of amides is 1. The normalized spacial score (nSPS) is 15.5. The molecule has 0 bridgehead atoms. The molecular formula is C15H27N5O. The molecule has 6 nitrogen and oxygen atoms in total. The van der Waals surface area contributed by atoms with E-state index in [1.165, 1.54) is 0 Å². The third kappa shape index (κ3) is 4.74. The number of carbonyl (C=O) groups is 1. The molecule has 0 radical (unpaired) electrons. The molecule has 1 fully saturated rings.